The van der Waals surface area contributed by atoms with Crippen molar-refractivity contribution in [1.29, 1.82) is 0 Å². The van der Waals surface area contributed by atoms with Crippen molar-refractivity contribution in [3.63, 3.8) is 0 Å². The van der Waals surface area contributed by atoms with Crippen LogP contribution < -0.4 is 10.1 Å². The van der Waals surface area contributed by atoms with Gasteiger partial charge < -0.3 is 10.1 Å². The molecule has 3 heteroatoms. The summed E-state index contributed by atoms with van der Waals surface area (Å²) in [6.45, 7) is 3.72. The van der Waals surface area contributed by atoms with Gasteiger partial charge in [0.2, 0.25) is 0 Å². The van der Waals surface area contributed by atoms with E-state index < -0.39 is 0 Å². The highest BCUT2D eigenvalue weighted by atomic mass is 16.5. The number of nitrogens with one attached hydrogen (secondary N) is 1. The molecule has 0 bridgehead atoms. The Morgan fingerprint density at radius 1 is 1.18 bits per heavy atom. The predicted molar refractivity (Wildman–Crippen MR) is 89.2 cm³/mol. The van der Waals surface area contributed by atoms with E-state index in [-0.39, 0.29) is 0 Å². The second-order valence-corrected chi connectivity index (χ2v) is 7.45. The molecule has 1 spiro atoms. The first-order valence-electron chi connectivity index (χ1n) is 8.91. The Balaban J connectivity index is 1.48. The van der Waals surface area contributed by atoms with Crippen LogP contribution in [0.5, 0.6) is 5.75 Å². The van der Waals surface area contributed by atoms with E-state index in [0.717, 1.165) is 11.8 Å². The molecule has 3 nitrogen and oxygen atoms in total. The van der Waals surface area contributed by atoms with Crippen LogP contribution in [-0.2, 0) is 0 Å². The smallest absolute Gasteiger partial charge is 0.123 e. The van der Waals surface area contributed by atoms with Crippen molar-refractivity contribution in [2.45, 2.75) is 50.6 Å². The number of ether oxygens (including phenoxy) is 1. The molecule has 2 saturated heterocycles. The van der Waals surface area contributed by atoms with Crippen molar-refractivity contribution >= 4 is 0 Å². The summed E-state index contributed by atoms with van der Waals surface area (Å²) in [5.41, 5.74) is 2.07. The highest BCUT2D eigenvalue weighted by Crippen LogP contribution is 2.53. The fraction of sp³-hybridized carbons (Fsp3) is 0.684. The molecule has 2 heterocycles. The summed E-state index contributed by atoms with van der Waals surface area (Å²) < 4.78 is 5.61. The van der Waals surface area contributed by atoms with Crippen molar-refractivity contribution in [3.05, 3.63) is 29.8 Å². The Hall–Kier alpha value is -1.06. The molecule has 2 aliphatic heterocycles. The monoisotopic (exact) mass is 300 g/mol. The summed E-state index contributed by atoms with van der Waals surface area (Å²) in [5, 5.41) is 3.51. The van der Waals surface area contributed by atoms with Crippen LogP contribution >= 0.6 is 0 Å². The number of para-hydroxylation sites is 1. The van der Waals surface area contributed by atoms with Gasteiger partial charge in [-0.25, -0.2) is 0 Å². The lowest BCUT2D eigenvalue weighted by atomic mass is 9.60. The molecular weight excluding hydrogens is 272 g/mol. The molecular formula is C19H28N2O. The second-order valence-electron chi connectivity index (χ2n) is 7.45. The minimum absolute atomic E-state index is 0.570. The normalized spacial score (nSPS) is 28.7. The lowest BCUT2D eigenvalue weighted by Gasteiger charge is -2.54. The molecule has 120 valence electrons. The van der Waals surface area contributed by atoms with Crippen LogP contribution in [-0.4, -0.2) is 37.7 Å². The lowest BCUT2D eigenvalue weighted by molar-refractivity contribution is -0.0266. The summed E-state index contributed by atoms with van der Waals surface area (Å²) in [4.78, 5) is 2.78. The second kappa shape index (κ2) is 5.86. The summed E-state index contributed by atoms with van der Waals surface area (Å²) in [7, 11) is 1.80. The van der Waals surface area contributed by atoms with Gasteiger partial charge in [0.25, 0.3) is 0 Å². The molecule has 4 rings (SSSR count). The molecule has 3 fully saturated rings. The van der Waals surface area contributed by atoms with Gasteiger partial charge in [0.1, 0.15) is 5.75 Å². The van der Waals surface area contributed by atoms with Crippen LogP contribution in [0.15, 0.2) is 24.3 Å². The number of methoxy groups -OCH3 is 1. The zero-order valence-corrected chi connectivity index (χ0v) is 13.7. The van der Waals surface area contributed by atoms with E-state index in [1.165, 1.54) is 63.7 Å². The third-order valence-electron chi connectivity index (χ3n) is 6.26. The topological polar surface area (TPSA) is 24.5 Å². The molecule has 3 aliphatic rings. The summed E-state index contributed by atoms with van der Waals surface area (Å²) in [6, 6.07) is 9.98. The largest absolute Gasteiger partial charge is 0.496 e. The van der Waals surface area contributed by atoms with Crippen molar-refractivity contribution in [2.24, 2.45) is 5.41 Å². The molecule has 0 radical (unpaired) electrons. The number of piperidine rings is 1. The summed E-state index contributed by atoms with van der Waals surface area (Å²) >= 11 is 0. The fourth-order valence-corrected chi connectivity index (χ4v) is 5.04. The quantitative estimate of drug-likeness (QED) is 0.926. The number of hydrogen-bond acceptors (Lipinski definition) is 3. The van der Waals surface area contributed by atoms with E-state index in [4.69, 9.17) is 4.74 Å². The van der Waals surface area contributed by atoms with E-state index >= 15 is 0 Å². The maximum Gasteiger partial charge on any atom is 0.123 e. The first-order valence-corrected chi connectivity index (χ1v) is 8.91. The van der Waals surface area contributed by atoms with E-state index in [2.05, 4.69) is 34.5 Å². The van der Waals surface area contributed by atoms with Gasteiger partial charge in [-0.3, -0.25) is 4.90 Å². The Kier molecular flexibility index (Phi) is 3.87. The van der Waals surface area contributed by atoms with E-state index in [9.17, 15) is 0 Å². The fourth-order valence-electron chi connectivity index (χ4n) is 5.04. The predicted octanol–water partition coefficient (Wildman–Crippen LogP) is 3.36. The van der Waals surface area contributed by atoms with Crippen LogP contribution in [0.25, 0.3) is 0 Å². The third-order valence-corrected chi connectivity index (χ3v) is 6.26. The molecule has 1 aliphatic carbocycles. The van der Waals surface area contributed by atoms with Crippen LogP contribution in [0.3, 0.4) is 0 Å². The highest BCUT2D eigenvalue weighted by Gasteiger charge is 2.48. The molecule has 1 N–H and O–H groups in total. The van der Waals surface area contributed by atoms with Crippen molar-refractivity contribution in [3.8, 4) is 5.75 Å². The van der Waals surface area contributed by atoms with Gasteiger partial charge >= 0.3 is 0 Å². The molecule has 1 aromatic rings. The van der Waals surface area contributed by atoms with Crippen molar-refractivity contribution in [1.82, 2.24) is 10.2 Å². The summed E-state index contributed by atoms with van der Waals surface area (Å²) in [5.74, 6) is 1.07. The van der Waals surface area contributed by atoms with Crippen molar-refractivity contribution in [2.75, 3.05) is 26.7 Å². The van der Waals surface area contributed by atoms with Crippen LogP contribution in [0, 0.1) is 5.41 Å². The minimum atomic E-state index is 0.570. The molecule has 0 amide bonds. The van der Waals surface area contributed by atoms with Gasteiger partial charge in [0.05, 0.1) is 7.11 Å². The third kappa shape index (κ3) is 2.44. The van der Waals surface area contributed by atoms with E-state index in [0.29, 0.717) is 11.5 Å². The van der Waals surface area contributed by atoms with E-state index in [1.807, 2.05) is 0 Å². The van der Waals surface area contributed by atoms with Crippen LogP contribution in [0.2, 0.25) is 0 Å². The van der Waals surface area contributed by atoms with Gasteiger partial charge in [-0.2, -0.15) is 0 Å². The average Bonchev–Trinajstić information content (AvgIpc) is 3.02. The van der Waals surface area contributed by atoms with Gasteiger partial charge in [0.15, 0.2) is 0 Å². The highest BCUT2D eigenvalue weighted by molar-refractivity contribution is 5.36. The SMILES string of the molecule is COc1ccccc1[C@@H]1CCCN1C1CC2(CCNCC2)C1. The van der Waals surface area contributed by atoms with E-state index in [1.54, 1.807) is 7.11 Å². The number of rotatable bonds is 3. The van der Waals surface area contributed by atoms with Crippen molar-refractivity contribution < 1.29 is 4.74 Å². The van der Waals surface area contributed by atoms with Gasteiger partial charge in [-0.15, -0.1) is 0 Å². The van der Waals surface area contributed by atoms with Gasteiger partial charge in [0, 0.05) is 17.6 Å². The number of likely N-dealkylation sites (tertiary alicyclic amines) is 1. The number of benzene rings is 1. The maximum absolute atomic E-state index is 5.61. The van der Waals surface area contributed by atoms with Crippen LogP contribution in [0.4, 0.5) is 0 Å². The molecule has 1 saturated carbocycles. The number of hydrogen-bond donors (Lipinski definition) is 1. The molecule has 0 unspecified atom stereocenters. The van der Waals surface area contributed by atoms with Gasteiger partial charge in [-0.05, 0) is 69.6 Å². The first-order chi connectivity index (χ1) is 10.8. The Bertz CT molecular complexity index is 516. The molecule has 1 aromatic carbocycles. The Morgan fingerprint density at radius 3 is 2.73 bits per heavy atom. The van der Waals surface area contributed by atoms with Crippen LogP contribution in [0.1, 0.15) is 50.1 Å². The zero-order chi connectivity index (χ0) is 15.0. The Morgan fingerprint density at radius 2 is 1.95 bits per heavy atom. The number of nitrogens with zero attached hydrogens (tertiary/aromatic N) is 1. The standard InChI is InChI=1S/C19H28N2O/c1-22-18-7-3-2-5-16(18)17-6-4-12-21(17)15-13-19(14-15)8-10-20-11-9-19/h2-3,5,7,15,17,20H,4,6,8-14H2,1H3/t17-/m0/s1. The summed E-state index contributed by atoms with van der Waals surface area (Å²) in [6.07, 6.45) is 8.22. The minimum Gasteiger partial charge on any atom is -0.496 e. The lowest BCUT2D eigenvalue weighted by Crippen LogP contribution is -2.54. The van der Waals surface area contributed by atoms with Gasteiger partial charge in [-0.1, -0.05) is 18.2 Å². The Labute approximate surface area is 134 Å². The zero-order valence-electron chi connectivity index (χ0n) is 13.7. The average molecular weight is 300 g/mol. The molecule has 0 aromatic heterocycles. The maximum atomic E-state index is 5.61. The first kappa shape index (κ1) is 14.5. The molecule has 1 atom stereocenters. The molecule has 22 heavy (non-hydrogen) atoms.